The van der Waals surface area contributed by atoms with E-state index in [9.17, 15) is 0 Å². The second kappa shape index (κ2) is 8.70. The minimum atomic E-state index is 0.687. The molecular weight excluding hydrogens is 508 g/mol. The van der Waals surface area contributed by atoms with Crippen LogP contribution in [0.15, 0.2) is 110 Å². The van der Waals surface area contributed by atoms with Gasteiger partial charge < -0.3 is 0 Å². The second-order valence-electron chi connectivity index (χ2n) is 9.72. The summed E-state index contributed by atoms with van der Waals surface area (Å²) in [5, 5.41) is 4.43. The lowest BCUT2D eigenvalue weighted by molar-refractivity contribution is 1.08. The number of pyridine rings is 1. The molecule has 188 valence electrons. The first-order valence-corrected chi connectivity index (χ1v) is 13.9. The van der Waals surface area contributed by atoms with Crippen LogP contribution in [0, 0.1) is 0 Å². The Morgan fingerprint density at radius 2 is 1.43 bits per heavy atom. The molecule has 0 saturated carbocycles. The molecule has 40 heavy (non-hydrogen) atoms. The zero-order valence-corrected chi connectivity index (χ0v) is 22.3. The molecule has 0 fully saturated rings. The van der Waals surface area contributed by atoms with Crippen molar-refractivity contribution in [3.05, 3.63) is 121 Å². The van der Waals surface area contributed by atoms with Crippen LogP contribution >= 0.6 is 11.3 Å². The van der Waals surface area contributed by atoms with Crippen LogP contribution in [0.1, 0.15) is 11.1 Å². The highest BCUT2D eigenvalue weighted by Gasteiger charge is 2.25. The number of aromatic nitrogens is 4. The molecule has 4 aromatic heterocycles. The van der Waals surface area contributed by atoms with Crippen LogP contribution in [0.3, 0.4) is 0 Å². The third kappa shape index (κ3) is 3.09. The van der Waals surface area contributed by atoms with Crippen molar-refractivity contribution < 1.29 is 0 Å². The van der Waals surface area contributed by atoms with E-state index in [1.54, 1.807) is 11.3 Å². The van der Waals surface area contributed by atoms with Gasteiger partial charge in [-0.25, -0.2) is 9.97 Å². The average molecular weight is 531 g/mol. The quantitative estimate of drug-likeness (QED) is 0.228. The van der Waals surface area contributed by atoms with Gasteiger partial charge in [-0.2, -0.15) is 0 Å². The highest BCUT2D eigenvalue weighted by atomic mass is 32.1. The number of rotatable bonds is 4. The van der Waals surface area contributed by atoms with Crippen LogP contribution in [0.5, 0.6) is 0 Å². The Kier molecular flexibility index (Phi) is 4.96. The van der Waals surface area contributed by atoms with E-state index in [0.717, 1.165) is 55.3 Å². The molecule has 8 rings (SSSR count). The molecule has 4 aromatic carbocycles. The maximum absolute atomic E-state index is 5.26. The number of nitrogens with zero attached hydrogens (tertiary/aromatic N) is 4. The number of benzene rings is 4. The normalized spacial score (nSPS) is 11.7. The minimum Gasteiger partial charge on any atom is -0.290 e. The summed E-state index contributed by atoms with van der Waals surface area (Å²) in [5.74, 6) is 1.52. The van der Waals surface area contributed by atoms with Gasteiger partial charge in [0.05, 0.1) is 26.8 Å². The van der Waals surface area contributed by atoms with Crippen molar-refractivity contribution in [2.45, 2.75) is 0 Å². The summed E-state index contributed by atoms with van der Waals surface area (Å²) in [7, 11) is 0. The molecule has 0 unspecified atom stereocenters. The minimum absolute atomic E-state index is 0.687. The van der Waals surface area contributed by atoms with Gasteiger partial charge in [0.2, 0.25) is 0 Å². The third-order valence-corrected chi connectivity index (χ3v) is 8.78. The molecule has 0 N–H and O–H groups in total. The van der Waals surface area contributed by atoms with Gasteiger partial charge in [-0.3, -0.25) is 9.55 Å². The molecular formula is C35H22N4S. The number of thiophene rings is 1. The van der Waals surface area contributed by atoms with Crippen molar-refractivity contribution in [3.8, 4) is 17.2 Å². The largest absolute Gasteiger partial charge is 0.290 e. The van der Waals surface area contributed by atoms with E-state index in [1.165, 1.54) is 20.2 Å². The van der Waals surface area contributed by atoms with E-state index in [2.05, 4.69) is 72.3 Å². The van der Waals surface area contributed by atoms with Gasteiger partial charge in [-0.05, 0) is 41.5 Å². The first-order chi connectivity index (χ1) is 19.8. The zero-order chi connectivity index (χ0) is 26.8. The molecule has 0 aliphatic rings. The molecule has 0 spiro atoms. The number of hydrogen-bond donors (Lipinski definition) is 0. The Bertz CT molecular complexity index is 2310. The van der Waals surface area contributed by atoms with E-state index in [0.29, 0.717) is 5.82 Å². The average Bonchev–Trinajstić information content (AvgIpc) is 3.57. The second-order valence-corrected chi connectivity index (χ2v) is 10.8. The lowest BCUT2D eigenvalue weighted by Gasteiger charge is -2.14. The predicted molar refractivity (Wildman–Crippen MR) is 170 cm³/mol. The van der Waals surface area contributed by atoms with Crippen LogP contribution in [-0.2, 0) is 0 Å². The Morgan fingerprint density at radius 3 is 2.25 bits per heavy atom. The van der Waals surface area contributed by atoms with E-state index in [4.69, 9.17) is 15.0 Å². The van der Waals surface area contributed by atoms with Crippen LogP contribution < -0.4 is 0 Å². The summed E-state index contributed by atoms with van der Waals surface area (Å²) < 4.78 is 4.69. The molecule has 0 aliphatic heterocycles. The van der Waals surface area contributed by atoms with Crippen LogP contribution in [0.4, 0.5) is 0 Å². The van der Waals surface area contributed by atoms with Gasteiger partial charge in [0, 0.05) is 38.0 Å². The molecule has 0 aliphatic carbocycles. The fourth-order valence-corrected chi connectivity index (χ4v) is 7.18. The molecule has 0 atom stereocenters. The topological polar surface area (TPSA) is 43.6 Å². The van der Waals surface area contributed by atoms with Gasteiger partial charge in [0.15, 0.2) is 5.82 Å². The summed E-state index contributed by atoms with van der Waals surface area (Å²) in [6.45, 7) is 8.47. The van der Waals surface area contributed by atoms with Crippen molar-refractivity contribution in [1.29, 1.82) is 0 Å². The van der Waals surface area contributed by atoms with Crippen LogP contribution in [-0.4, -0.2) is 19.5 Å². The molecule has 8 aromatic rings. The highest BCUT2D eigenvalue weighted by Crippen LogP contribution is 2.47. The smallest absolute Gasteiger partial charge is 0.162 e. The van der Waals surface area contributed by atoms with Crippen molar-refractivity contribution in [1.82, 2.24) is 19.5 Å². The molecule has 0 saturated heterocycles. The number of fused-ring (bicyclic) bond motifs is 8. The summed E-state index contributed by atoms with van der Waals surface area (Å²) in [5.41, 5.74) is 6.96. The summed E-state index contributed by atoms with van der Waals surface area (Å²) in [6, 6.07) is 31.1. The zero-order valence-electron chi connectivity index (χ0n) is 21.5. The Balaban J connectivity index is 1.66. The monoisotopic (exact) mass is 530 g/mol. The highest BCUT2D eigenvalue weighted by molar-refractivity contribution is 7.26. The van der Waals surface area contributed by atoms with Crippen molar-refractivity contribution in [3.63, 3.8) is 0 Å². The molecule has 4 heterocycles. The van der Waals surface area contributed by atoms with E-state index in [1.807, 2.05) is 54.7 Å². The SMILES string of the molecule is C=Cc1c(C=C)c2c3ncccc3n(-c3nc(-c4ccccc4)nc4ccccc34)c2c2sc3ccccc3c12. The maximum atomic E-state index is 5.26. The molecule has 5 heteroatoms. The standard InChI is InChI=1S/C35H22N4S/c1-3-22-23(4-2)30-31-27(18-12-20-36-31)39(32(30)33-29(22)25-16-9-11-19-28(25)40-33)35-24-15-8-10-17-26(24)37-34(38-35)21-13-6-5-7-14-21/h3-20H,1-2H2. The number of hydrogen-bond acceptors (Lipinski definition) is 4. The maximum Gasteiger partial charge on any atom is 0.162 e. The van der Waals surface area contributed by atoms with Gasteiger partial charge in [-0.15, -0.1) is 11.3 Å². The Hall–Kier alpha value is -5.13. The molecule has 4 nitrogen and oxygen atoms in total. The Morgan fingerprint density at radius 1 is 0.700 bits per heavy atom. The predicted octanol–water partition coefficient (Wildman–Crippen LogP) is 9.44. The first kappa shape index (κ1) is 22.8. The van der Waals surface area contributed by atoms with Gasteiger partial charge in [0.1, 0.15) is 5.82 Å². The lowest BCUT2D eigenvalue weighted by Crippen LogP contribution is -2.03. The fraction of sp³-hybridized carbons (Fsp3) is 0. The third-order valence-electron chi connectivity index (χ3n) is 7.60. The summed E-state index contributed by atoms with van der Waals surface area (Å²) in [6.07, 6.45) is 5.75. The molecule has 0 amide bonds. The first-order valence-electron chi connectivity index (χ1n) is 13.1. The van der Waals surface area contributed by atoms with Crippen molar-refractivity contribution >= 4 is 76.5 Å². The van der Waals surface area contributed by atoms with Crippen molar-refractivity contribution in [2.75, 3.05) is 0 Å². The van der Waals surface area contributed by atoms with E-state index in [-0.39, 0.29) is 0 Å². The van der Waals surface area contributed by atoms with Crippen molar-refractivity contribution in [2.24, 2.45) is 0 Å². The summed E-state index contributed by atoms with van der Waals surface area (Å²) >= 11 is 1.80. The van der Waals surface area contributed by atoms with E-state index >= 15 is 0 Å². The fourth-order valence-electron chi connectivity index (χ4n) is 5.92. The van der Waals surface area contributed by atoms with Crippen LogP contribution in [0.2, 0.25) is 0 Å². The Labute approximate surface area is 234 Å². The number of para-hydroxylation sites is 1. The molecule has 0 bridgehead atoms. The lowest BCUT2D eigenvalue weighted by atomic mass is 9.96. The van der Waals surface area contributed by atoms with Gasteiger partial charge >= 0.3 is 0 Å². The molecule has 0 radical (unpaired) electrons. The van der Waals surface area contributed by atoms with Crippen LogP contribution in [0.25, 0.3) is 82.4 Å². The van der Waals surface area contributed by atoms with Gasteiger partial charge in [-0.1, -0.05) is 86.0 Å². The van der Waals surface area contributed by atoms with Gasteiger partial charge in [0.25, 0.3) is 0 Å². The van der Waals surface area contributed by atoms with E-state index < -0.39 is 0 Å². The summed E-state index contributed by atoms with van der Waals surface area (Å²) in [4.78, 5) is 15.1.